The van der Waals surface area contributed by atoms with E-state index in [9.17, 15) is 23.2 Å². The van der Waals surface area contributed by atoms with Crippen molar-refractivity contribution in [2.75, 3.05) is 12.4 Å². The van der Waals surface area contributed by atoms with Gasteiger partial charge in [0.2, 0.25) is 12.2 Å². The van der Waals surface area contributed by atoms with Crippen LogP contribution in [0.25, 0.3) is 0 Å². The van der Waals surface area contributed by atoms with E-state index in [1.54, 1.807) is 0 Å². The van der Waals surface area contributed by atoms with E-state index in [1.807, 2.05) is 0 Å². The quantitative estimate of drug-likeness (QED) is 0.606. The maximum Gasteiger partial charge on any atom is 0.351 e. The third kappa shape index (κ3) is 3.29. The third-order valence-electron chi connectivity index (χ3n) is 3.35. The van der Waals surface area contributed by atoms with Gasteiger partial charge in [-0.05, 0) is 18.6 Å². The van der Waals surface area contributed by atoms with Gasteiger partial charge < -0.3 is 10.6 Å². The van der Waals surface area contributed by atoms with Crippen molar-refractivity contribution in [2.24, 2.45) is 0 Å². The first-order chi connectivity index (χ1) is 11.4. The summed E-state index contributed by atoms with van der Waals surface area (Å²) in [5.74, 6) is -2.60. The Kier molecular flexibility index (Phi) is 5.02. The Morgan fingerprint density at radius 3 is 2.62 bits per heavy atom. The Balaban J connectivity index is 2.51. The standard InChI is InChI=1S/C15H14F2N4O3/c1-8-3-4-9(5-10(8)16)12(23)14(19-7-22)21-6-11(17)13(18-2)20-15(21)24/h3-7,14H,1-2H3,(H,19,22)(H,18,20,24). The number of hydrogen-bond acceptors (Lipinski definition) is 5. The lowest BCUT2D eigenvalue weighted by Gasteiger charge is -2.18. The summed E-state index contributed by atoms with van der Waals surface area (Å²) in [7, 11) is 1.37. The topological polar surface area (TPSA) is 93.1 Å². The Morgan fingerprint density at radius 1 is 1.33 bits per heavy atom. The highest BCUT2D eigenvalue weighted by atomic mass is 19.1. The summed E-state index contributed by atoms with van der Waals surface area (Å²) >= 11 is 0. The van der Waals surface area contributed by atoms with Crippen LogP contribution >= 0.6 is 0 Å². The Labute approximate surface area is 135 Å². The van der Waals surface area contributed by atoms with E-state index in [4.69, 9.17) is 0 Å². The Hall–Kier alpha value is -3.10. The van der Waals surface area contributed by atoms with E-state index in [2.05, 4.69) is 15.6 Å². The number of anilines is 1. The molecule has 126 valence electrons. The predicted octanol–water partition coefficient (Wildman–Crippen LogP) is 0.999. The summed E-state index contributed by atoms with van der Waals surface area (Å²) in [4.78, 5) is 38.7. The molecule has 2 rings (SSSR count). The number of carbonyl (C=O) groups is 2. The maximum atomic E-state index is 13.8. The van der Waals surface area contributed by atoms with Gasteiger partial charge in [0.25, 0.3) is 0 Å². The monoisotopic (exact) mass is 336 g/mol. The van der Waals surface area contributed by atoms with Crippen LogP contribution in [0.3, 0.4) is 0 Å². The second-order valence-corrected chi connectivity index (χ2v) is 4.89. The van der Waals surface area contributed by atoms with Crippen LogP contribution < -0.4 is 16.3 Å². The third-order valence-corrected chi connectivity index (χ3v) is 3.35. The van der Waals surface area contributed by atoms with Crippen LogP contribution in [0.5, 0.6) is 0 Å². The molecule has 1 unspecified atom stereocenters. The van der Waals surface area contributed by atoms with Crippen LogP contribution in [0.4, 0.5) is 14.6 Å². The fourth-order valence-electron chi connectivity index (χ4n) is 2.06. The summed E-state index contributed by atoms with van der Waals surface area (Å²) in [6.45, 7) is 1.52. The number of aryl methyl sites for hydroxylation is 1. The zero-order valence-corrected chi connectivity index (χ0v) is 12.8. The van der Waals surface area contributed by atoms with Gasteiger partial charge in [-0.15, -0.1) is 0 Å². The van der Waals surface area contributed by atoms with Crippen LogP contribution in [0.2, 0.25) is 0 Å². The molecule has 0 aliphatic heterocycles. The first-order valence-electron chi connectivity index (χ1n) is 6.85. The molecule has 24 heavy (non-hydrogen) atoms. The van der Waals surface area contributed by atoms with Gasteiger partial charge in [0.15, 0.2) is 17.8 Å². The lowest BCUT2D eigenvalue weighted by Crippen LogP contribution is -2.40. The van der Waals surface area contributed by atoms with Crippen molar-refractivity contribution in [3.63, 3.8) is 0 Å². The molecule has 2 N–H and O–H groups in total. The molecule has 0 aliphatic carbocycles. The maximum absolute atomic E-state index is 13.8. The Bertz CT molecular complexity index is 851. The van der Waals surface area contributed by atoms with E-state index >= 15 is 0 Å². The zero-order valence-electron chi connectivity index (χ0n) is 12.8. The SMILES string of the molecule is CNc1nc(=O)n(C(NC=O)C(=O)c2ccc(C)c(F)c2)cc1F. The smallest absolute Gasteiger partial charge is 0.351 e. The second kappa shape index (κ2) is 6.99. The first-order valence-corrected chi connectivity index (χ1v) is 6.85. The highest BCUT2D eigenvalue weighted by Gasteiger charge is 2.24. The minimum atomic E-state index is -1.55. The molecule has 7 nitrogen and oxygen atoms in total. The van der Waals surface area contributed by atoms with Crippen molar-refractivity contribution in [1.29, 1.82) is 0 Å². The molecule has 0 bridgehead atoms. The second-order valence-electron chi connectivity index (χ2n) is 4.89. The number of amides is 1. The molecule has 2 aromatic rings. The summed E-state index contributed by atoms with van der Waals surface area (Å²) in [6.07, 6.45) is -0.626. The van der Waals surface area contributed by atoms with Crippen molar-refractivity contribution in [2.45, 2.75) is 13.1 Å². The average Bonchev–Trinajstić information content (AvgIpc) is 2.56. The molecule has 0 radical (unpaired) electrons. The van der Waals surface area contributed by atoms with Crippen molar-refractivity contribution in [3.8, 4) is 0 Å². The fourth-order valence-corrected chi connectivity index (χ4v) is 2.06. The number of aromatic nitrogens is 2. The van der Waals surface area contributed by atoms with Crippen molar-refractivity contribution in [3.05, 3.63) is 57.6 Å². The molecule has 1 aromatic carbocycles. The van der Waals surface area contributed by atoms with Crippen LogP contribution in [0.15, 0.2) is 29.2 Å². The average molecular weight is 336 g/mol. The van der Waals surface area contributed by atoms with E-state index in [-0.39, 0.29) is 17.8 Å². The summed E-state index contributed by atoms with van der Waals surface area (Å²) in [6, 6.07) is 3.71. The fraction of sp³-hybridized carbons (Fsp3) is 0.200. The predicted molar refractivity (Wildman–Crippen MR) is 81.7 cm³/mol. The summed E-state index contributed by atoms with van der Waals surface area (Å²) < 4.78 is 28.1. The van der Waals surface area contributed by atoms with Crippen LogP contribution in [0.1, 0.15) is 22.1 Å². The molecule has 0 fully saturated rings. The normalized spacial score (nSPS) is 11.7. The minimum absolute atomic E-state index is 0.0811. The van der Waals surface area contributed by atoms with Crippen LogP contribution in [-0.4, -0.2) is 28.8 Å². The molecule has 0 saturated carbocycles. The number of nitrogens with zero attached hydrogens (tertiary/aromatic N) is 2. The van der Waals surface area contributed by atoms with Gasteiger partial charge in [-0.3, -0.25) is 14.2 Å². The number of nitrogens with one attached hydrogen (secondary N) is 2. The van der Waals surface area contributed by atoms with Gasteiger partial charge in [0.1, 0.15) is 5.82 Å². The van der Waals surface area contributed by atoms with Gasteiger partial charge >= 0.3 is 5.69 Å². The number of carbonyl (C=O) groups excluding carboxylic acids is 2. The lowest BCUT2D eigenvalue weighted by molar-refractivity contribution is -0.110. The number of Topliss-reactive ketones (excluding diaryl/α,β-unsaturated/α-hetero) is 1. The lowest BCUT2D eigenvalue weighted by atomic mass is 10.1. The molecular formula is C15H14F2N4O3. The van der Waals surface area contributed by atoms with Crippen molar-refractivity contribution in [1.82, 2.24) is 14.9 Å². The largest absolute Gasteiger partial charge is 0.370 e. The van der Waals surface area contributed by atoms with Gasteiger partial charge in [-0.1, -0.05) is 12.1 Å². The van der Waals surface area contributed by atoms with Gasteiger partial charge in [-0.2, -0.15) is 4.98 Å². The minimum Gasteiger partial charge on any atom is -0.370 e. The van der Waals surface area contributed by atoms with Gasteiger partial charge in [-0.25, -0.2) is 13.6 Å². The summed E-state index contributed by atoms with van der Waals surface area (Å²) in [5, 5.41) is 4.51. The molecule has 0 spiro atoms. The number of ketones is 1. The van der Waals surface area contributed by atoms with E-state index in [1.165, 1.54) is 26.1 Å². The number of halogens is 2. The summed E-state index contributed by atoms with van der Waals surface area (Å²) in [5.41, 5.74) is -0.710. The van der Waals surface area contributed by atoms with Gasteiger partial charge in [0.05, 0.1) is 6.20 Å². The van der Waals surface area contributed by atoms with Crippen LogP contribution in [-0.2, 0) is 4.79 Å². The molecule has 9 heteroatoms. The molecule has 0 aliphatic rings. The number of benzene rings is 1. The highest BCUT2D eigenvalue weighted by molar-refractivity contribution is 5.99. The molecular weight excluding hydrogens is 322 g/mol. The zero-order chi connectivity index (χ0) is 17.9. The van der Waals surface area contributed by atoms with E-state index in [0.29, 0.717) is 10.1 Å². The van der Waals surface area contributed by atoms with E-state index < -0.39 is 29.3 Å². The molecule has 1 amide bonds. The van der Waals surface area contributed by atoms with Crippen molar-refractivity contribution < 1.29 is 18.4 Å². The number of hydrogen-bond donors (Lipinski definition) is 2. The highest BCUT2D eigenvalue weighted by Crippen LogP contribution is 2.16. The first kappa shape index (κ1) is 17.3. The molecule has 1 aromatic heterocycles. The van der Waals surface area contributed by atoms with Gasteiger partial charge in [0, 0.05) is 12.6 Å². The number of rotatable bonds is 6. The van der Waals surface area contributed by atoms with Crippen LogP contribution in [0, 0.1) is 18.6 Å². The Morgan fingerprint density at radius 2 is 2.04 bits per heavy atom. The molecule has 1 heterocycles. The van der Waals surface area contributed by atoms with E-state index in [0.717, 1.165) is 12.3 Å². The molecule has 0 saturated heterocycles. The molecule has 1 atom stereocenters. The van der Waals surface area contributed by atoms with Crippen molar-refractivity contribution >= 4 is 18.0 Å².